The normalized spacial score (nSPS) is 27.5. The van der Waals surface area contributed by atoms with Crippen molar-refractivity contribution in [1.82, 2.24) is 4.98 Å². The Bertz CT molecular complexity index is 314. The second-order valence-electron chi connectivity index (χ2n) is 3.96. The van der Waals surface area contributed by atoms with Gasteiger partial charge in [0.25, 0.3) is 0 Å². The van der Waals surface area contributed by atoms with E-state index in [1.54, 1.807) is 18.3 Å². The van der Waals surface area contributed by atoms with Gasteiger partial charge in [-0.25, -0.2) is 0 Å². The SMILES string of the molecule is NC1CCCCC1c1ncccc1O. The Labute approximate surface area is 84.0 Å². The van der Waals surface area contributed by atoms with Gasteiger partial charge in [-0.2, -0.15) is 0 Å². The Kier molecular flexibility index (Phi) is 2.68. The molecular weight excluding hydrogens is 176 g/mol. The van der Waals surface area contributed by atoms with Gasteiger partial charge in [0.2, 0.25) is 0 Å². The average Bonchev–Trinajstić information content (AvgIpc) is 2.20. The molecule has 3 heteroatoms. The number of hydrogen-bond donors (Lipinski definition) is 2. The van der Waals surface area contributed by atoms with Gasteiger partial charge in [-0.1, -0.05) is 12.8 Å². The number of aromatic nitrogens is 1. The van der Waals surface area contributed by atoms with Crippen LogP contribution in [0.25, 0.3) is 0 Å². The van der Waals surface area contributed by atoms with E-state index in [1.165, 1.54) is 12.8 Å². The molecule has 1 heterocycles. The van der Waals surface area contributed by atoms with Crippen LogP contribution < -0.4 is 5.73 Å². The van der Waals surface area contributed by atoms with Crippen molar-refractivity contribution in [3.8, 4) is 5.75 Å². The minimum Gasteiger partial charge on any atom is -0.506 e. The smallest absolute Gasteiger partial charge is 0.137 e. The summed E-state index contributed by atoms with van der Waals surface area (Å²) in [7, 11) is 0. The second kappa shape index (κ2) is 3.96. The summed E-state index contributed by atoms with van der Waals surface area (Å²) in [6, 6.07) is 3.58. The summed E-state index contributed by atoms with van der Waals surface area (Å²) < 4.78 is 0. The fraction of sp³-hybridized carbons (Fsp3) is 0.545. The molecule has 0 spiro atoms. The largest absolute Gasteiger partial charge is 0.506 e. The number of nitrogens with two attached hydrogens (primary N) is 1. The molecule has 3 N–H and O–H groups in total. The summed E-state index contributed by atoms with van der Waals surface area (Å²) in [5.74, 6) is 0.528. The zero-order chi connectivity index (χ0) is 9.97. The van der Waals surface area contributed by atoms with Gasteiger partial charge < -0.3 is 10.8 Å². The third-order valence-corrected chi connectivity index (χ3v) is 2.99. The zero-order valence-corrected chi connectivity index (χ0v) is 8.19. The summed E-state index contributed by atoms with van der Waals surface area (Å²) in [4.78, 5) is 4.22. The lowest BCUT2D eigenvalue weighted by atomic mass is 9.82. The van der Waals surface area contributed by atoms with Crippen molar-refractivity contribution in [2.45, 2.75) is 37.6 Å². The lowest BCUT2D eigenvalue weighted by molar-refractivity contribution is 0.364. The van der Waals surface area contributed by atoms with Crippen LogP contribution in [-0.2, 0) is 0 Å². The quantitative estimate of drug-likeness (QED) is 0.713. The molecule has 0 bridgehead atoms. The third-order valence-electron chi connectivity index (χ3n) is 2.99. The van der Waals surface area contributed by atoms with Crippen LogP contribution in [0.3, 0.4) is 0 Å². The van der Waals surface area contributed by atoms with E-state index >= 15 is 0 Å². The lowest BCUT2D eigenvalue weighted by Gasteiger charge is -2.28. The summed E-state index contributed by atoms with van der Waals surface area (Å²) >= 11 is 0. The molecule has 2 rings (SSSR count). The molecular formula is C11H16N2O. The van der Waals surface area contributed by atoms with Crippen LogP contribution in [0.5, 0.6) is 5.75 Å². The number of pyridine rings is 1. The minimum atomic E-state index is 0.157. The maximum absolute atomic E-state index is 9.66. The minimum absolute atomic E-state index is 0.157. The molecule has 2 unspecified atom stereocenters. The number of nitrogens with zero attached hydrogens (tertiary/aromatic N) is 1. The predicted octanol–water partition coefficient (Wildman–Crippen LogP) is 1.77. The maximum atomic E-state index is 9.66. The Balaban J connectivity index is 2.25. The Morgan fingerprint density at radius 3 is 2.86 bits per heavy atom. The summed E-state index contributed by atoms with van der Waals surface area (Å²) in [5.41, 5.74) is 6.81. The topological polar surface area (TPSA) is 59.1 Å². The molecule has 0 radical (unpaired) electrons. The van der Waals surface area contributed by atoms with E-state index in [0.29, 0.717) is 0 Å². The molecule has 0 saturated heterocycles. The molecule has 1 saturated carbocycles. The molecule has 1 fully saturated rings. The molecule has 0 amide bonds. The van der Waals surface area contributed by atoms with Gasteiger partial charge in [0.15, 0.2) is 0 Å². The van der Waals surface area contributed by atoms with Crippen LogP contribution >= 0.6 is 0 Å². The highest BCUT2D eigenvalue weighted by atomic mass is 16.3. The highest BCUT2D eigenvalue weighted by Crippen LogP contribution is 2.34. The third kappa shape index (κ3) is 1.73. The van der Waals surface area contributed by atoms with Gasteiger partial charge in [0.1, 0.15) is 5.75 Å². The van der Waals surface area contributed by atoms with Crippen LogP contribution in [0, 0.1) is 0 Å². The fourth-order valence-electron chi connectivity index (χ4n) is 2.19. The van der Waals surface area contributed by atoms with Gasteiger partial charge >= 0.3 is 0 Å². The van der Waals surface area contributed by atoms with Crippen molar-refractivity contribution in [3.63, 3.8) is 0 Å². The number of aromatic hydroxyl groups is 1. The predicted molar refractivity (Wildman–Crippen MR) is 55.1 cm³/mol. The standard InChI is InChI=1S/C11H16N2O/c12-9-5-2-1-4-8(9)11-10(14)6-3-7-13-11/h3,6-9,14H,1-2,4-5,12H2. The van der Waals surface area contributed by atoms with Gasteiger partial charge in [0.05, 0.1) is 5.69 Å². The Hall–Kier alpha value is -1.09. The van der Waals surface area contributed by atoms with Gasteiger partial charge in [-0.05, 0) is 25.0 Å². The Morgan fingerprint density at radius 1 is 1.36 bits per heavy atom. The first kappa shape index (κ1) is 9.46. The highest BCUT2D eigenvalue weighted by Gasteiger charge is 2.26. The fourth-order valence-corrected chi connectivity index (χ4v) is 2.19. The van der Waals surface area contributed by atoms with E-state index in [0.717, 1.165) is 18.5 Å². The van der Waals surface area contributed by atoms with Crippen LogP contribution in [0.2, 0.25) is 0 Å². The molecule has 1 aromatic heterocycles. The van der Waals surface area contributed by atoms with E-state index in [4.69, 9.17) is 5.73 Å². The number of hydrogen-bond acceptors (Lipinski definition) is 3. The first-order chi connectivity index (χ1) is 6.79. The van der Waals surface area contributed by atoms with Crippen molar-refractivity contribution in [2.75, 3.05) is 0 Å². The average molecular weight is 192 g/mol. The van der Waals surface area contributed by atoms with E-state index in [-0.39, 0.29) is 17.7 Å². The molecule has 1 aromatic rings. The number of rotatable bonds is 1. The van der Waals surface area contributed by atoms with Crippen molar-refractivity contribution in [1.29, 1.82) is 0 Å². The van der Waals surface area contributed by atoms with Gasteiger partial charge in [-0.3, -0.25) is 4.98 Å². The zero-order valence-electron chi connectivity index (χ0n) is 8.19. The molecule has 1 aliphatic rings. The Morgan fingerprint density at radius 2 is 2.14 bits per heavy atom. The van der Waals surface area contributed by atoms with Gasteiger partial charge in [-0.15, -0.1) is 0 Å². The lowest BCUT2D eigenvalue weighted by Crippen LogP contribution is -2.31. The monoisotopic (exact) mass is 192 g/mol. The van der Waals surface area contributed by atoms with Gasteiger partial charge in [0, 0.05) is 18.2 Å². The molecule has 1 aliphatic carbocycles. The molecule has 3 nitrogen and oxygen atoms in total. The van der Waals surface area contributed by atoms with E-state index in [1.807, 2.05) is 0 Å². The summed E-state index contributed by atoms with van der Waals surface area (Å²) in [6.45, 7) is 0. The first-order valence-corrected chi connectivity index (χ1v) is 5.18. The van der Waals surface area contributed by atoms with E-state index in [9.17, 15) is 5.11 Å². The summed E-state index contributed by atoms with van der Waals surface area (Å²) in [6.07, 6.45) is 6.20. The van der Waals surface area contributed by atoms with Crippen molar-refractivity contribution < 1.29 is 5.11 Å². The summed E-state index contributed by atoms with van der Waals surface area (Å²) in [5, 5.41) is 9.66. The van der Waals surface area contributed by atoms with Crippen molar-refractivity contribution >= 4 is 0 Å². The molecule has 14 heavy (non-hydrogen) atoms. The highest BCUT2D eigenvalue weighted by molar-refractivity contribution is 5.29. The van der Waals surface area contributed by atoms with Crippen LogP contribution in [0.4, 0.5) is 0 Å². The second-order valence-corrected chi connectivity index (χ2v) is 3.96. The first-order valence-electron chi connectivity index (χ1n) is 5.18. The molecule has 76 valence electrons. The van der Waals surface area contributed by atoms with Crippen LogP contribution in [0.1, 0.15) is 37.3 Å². The molecule has 2 atom stereocenters. The van der Waals surface area contributed by atoms with Crippen molar-refractivity contribution in [3.05, 3.63) is 24.0 Å². The molecule has 0 aliphatic heterocycles. The van der Waals surface area contributed by atoms with E-state index < -0.39 is 0 Å². The molecule has 0 aromatic carbocycles. The van der Waals surface area contributed by atoms with E-state index in [2.05, 4.69) is 4.98 Å². The van der Waals surface area contributed by atoms with Crippen LogP contribution in [0.15, 0.2) is 18.3 Å². The van der Waals surface area contributed by atoms with Crippen molar-refractivity contribution in [2.24, 2.45) is 5.73 Å². The maximum Gasteiger partial charge on any atom is 0.137 e. The van der Waals surface area contributed by atoms with Crippen LogP contribution in [-0.4, -0.2) is 16.1 Å².